The number of hydrogen-bond acceptors (Lipinski definition) is 12. The number of likely N-dealkylation sites (N-methyl/N-ethyl adjacent to an activating group) is 1. The number of amides is 7. The van der Waals surface area contributed by atoms with Crippen LogP contribution in [0, 0.1) is 23.7 Å². The van der Waals surface area contributed by atoms with Crippen LogP contribution in [0.2, 0.25) is 0 Å². The highest BCUT2D eigenvalue weighted by Gasteiger charge is 2.44. The van der Waals surface area contributed by atoms with Crippen molar-refractivity contribution in [2.75, 3.05) is 47.5 Å². The molecule has 1 fully saturated rings. The summed E-state index contributed by atoms with van der Waals surface area (Å²) in [5, 5.41) is 6.61. The quantitative estimate of drug-likeness (QED) is 0.129. The van der Waals surface area contributed by atoms with Gasteiger partial charge in [0.1, 0.15) is 17.7 Å². The van der Waals surface area contributed by atoms with Gasteiger partial charge in [0.15, 0.2) is 0 Å². The van der Waals surface area contributed by atoms with Gasteiger partial charge in [0.25, 0.3) is 11.8 Å². The van der Waals surface area contributed by atoms with Gasteiger partial charge >= 0.3 is 6.09 Å². The SMILES string of the molecule is CC[C@H](C)C([C@@H](CC(=O)N1CCC[C@H]1[C@H](OC)[C@@H](C)C(=O)NCCc1ccncc1)OC)N(C)C(=O)[C@@H](NC(=O)[C@H](C(C)C)N(CCON1C(=O)c2ccccc2C1=O)C(=O)OC(C)(C)C)C(C)C. The monoisotopic (exact) mass is 964 g/mol. The van der Waals surface area contributed by atoms with E-state index in [0.29, 0.717) is 37.4 Å². The summed E-state index contributed by atoms with van der Waals surface area (Å²) in [6, 6.07) is 6.94. The van der Waals surface area contributed by atoms with E-state index in [1.54, 1.807) is 96.9 Å². The summed E-state index contributed by atoms with van der Waals surface area (Å²) in [4.78, 5) is 111. The molecule has 0 radical (unpaired) electrons. The molecule has 4 rings (SSSR count). The Labute approximate surface area is 408 Å². The van der Waals surface area contributed by atoms with Crippen LogP contribution in [0.3, 0.4) is 0 Å². The van der Waals surface area contributed by atoms with Gasteiger partial charge in [0.2, 0.25) is 23.6 Å². The number of methoxy groups -OCH3 is 2. The first-order valence-electron chi connectivity index (χ1n) is 24.3. The lowest BCUT2D eigenvalue weighted by Gasteiger charge is -2.41. The zero-order valence-electron chi connectivity index (χ0n) is 43.0. The first-order chi connectivity index (χ1) is 32.6. The molecule has 1 aromatic heterocycles. The fourth-order valence-corrected chi connectivity index (χ4v) is 9.30. The van der Waals surface area contributed by atoms with E-state index in [2.05, 4.69) is 15.6 Å². The van der Waals surface area contributed by atoms with Crippen LogP contribution in [0.15, 0.2) is 48.8 Å². The number of ether oxygens (including phenoxy) is 3. The van der Waals surface area contributed by atoms with Gasteiger partial charge < -0.3 is 34.6 Å². The maximum Gasteiger partial charge on any atom is 0.411 e. The Kier molecular flexibility index (Phi) is 20.7. The van der Waals surface area contributed by atoms with Gasteiger partial charge in [-0.3, -0.25) is 43.5 Å². The molecule has 0 spiro atoms. The van der Waals surface area contributed by atoms with Crippen molar-refractivity contribution < 1.29 is 52.6 Å². The molecule has 2 aliphatic rings. The molecule has 0 saturated carbocycles. The van der Waals surface area contributed by atoms with E-state index in [1.807, 2.05) is 32.9 Å². The largest absolute Gasteiger partial charge is 0.444 e. The van der Waals surface area contributed by atoms with Crippen molar-refractivity contribution in [1.82, 2.24) is 35.4 Å². The zero-order chi connectivity index (χ0) is 51.3. The molecule has 2 aromatic rings. The second-order valence-electron chi connectivity index (χ2n) is 19.9. The first-order valence-corrected chi connectivity index (χ1v) is 24.3. The number of likely N-dealkylation sites (tertiary alicyclic amines) is 1. The molecule has 2 aliphatic heterocycles. The van der Waals surface area contributed by atoms with Crippen LogP contribution in [0.5, 0.6) is 0 Å². The van der Waals surface area contributed by atoms with E-state index in [9.17, 15) is 33.6 Å². The van der Waals surface area contributed by atoms with Crippen molar-refractivity contribution in [2.24, 2.45) is 23.7 Å². The third-order valence-electron chi connectivity index (χ3n) is 13.1. The fourth-order valence-electron chi connectivity index (χ4n) is 9.30. The van der Waals surface area contributed by atoms with Crippen LogP contribution in [-0.2, 0) is 44.6 Å². The Morgan fingerprint density at radius 3 is 2.04 bits per heavy atom. The molecule has 0 aliphatic carbocycles. The van der Waals surface area contributed by atoms with E-state index in [-0.39, 0.29) is 54.5 Å². The fraction of sp³-hybridized carbons (Fsp3) is 0.647. The van der Waals surface area contributed by atoms with Crippen molar-refractivity contribution >= 4 is 41.5 Å². The number of aromatic nitrogens is 1. The summed E-state index contributed by atoms with van der Waals surface area (Å²) in [5.74, 6) is -4.30. The molecule has 1 unspecified atom stereocenters. The molecule has 3 heterocycles. The van der Waals surface area contributed by atoms with Crippen molar-refractivity contribution in [2.45, 2.75) is 143 Å². The molecular weight excluding hydrogens is 887 g/mol. The van der Waals surface area contributed by atoms with E-state index < -0.39 is 83.4 Å². The normalized spacial score (nSPS) is 18.0. The number of benzene rings is 1. The van der Waals surface area contributed by atoms with E-state index in [0.717, 1.165) is 12.0 Å². The molecule has 1 aromatic carbocycles. The van der Waals surface area contributed by atoms with Crippen LogP contribution in [-0.4, -0.2) is 156 Å². The number of nitrogens with one attached hydrogen (secondary N) is 2. The lowest BCUT2D eigenvalue weighted by atomic mass is 9.89. The van der Waals surface area contributed by atoms with E-state index in [1.165, 1.54) is 24.1 Å². The first kappa shape index (κ1) is 56.1. The summed E-state index contributed by atoms with van der Waals surface area (Å²) >= 11 is 0. The van der Waals surface area contributed by atoms with Crippen LogP contribution in [0.4, 0.5) is 4.79 Å². The van der Waals surface area contributed by atoms with Gasteiger partial charge in [0.05, 0.1) is 60.9 Å². The minimum atomic E-state index is -1.18. The topological polar surface area (TPSA) is 206 Å². The molecule has 69 heavy (non-hydrogen) atoms. The number of nitrogens with zero attached hydrogens (tertiary/aromatic N) is 5. The maximum atomic E-state index is 14.8. The predicted octanol–water partition coefficient (Wildman–Crippen LogP) is 5.29. The van der Waals surface area contributed by atoms with E-state index in [4.69, 9.17) is 19.0 Å². The number of hydrogen-bond donors (Lipinski definition) is 2. The van der Waals surface area contributed by atoms with Crippen molar-refractivity contribution in [3.05, 3.63) is 65.5 Å². The lowest BCUT2D eigenvalue weighted by Crippen LogP contribution is -2.61. The van der Waals surface area contributed by atoms with Gasteiger partial charge in [-0.2, -0.15) is 0 Å². The standard InChI is InChI=1S/C51H77N7O11/c1-14-33(6)43(39(66-12)30-40(59)56-27-17-20-38(56)44(67-13)34(7)45(60)53-26-23-35-21-24-52-25-22-35)55(11)49(64)41(31(2)3)54-46(61)42(32(4)5)57(50(65)69-51(8,9)10)28-29-68-58-47(62)36-18-15-16-19-37(36)48(58)63/h15-16,18-19,21-22,24-25,31-34,38-39,41-44H,14,17,20,23,26-30H2,1-13H3,(H,53,60)(H,54,61)/t33-,34+,38-,39+,41-,42-,43?,44+/m0/s1. The van der Waals surface area contributed by atoms with Gasteiger partial charge in [-0.15, -0.1) is 5.06 Å². The number of carbonyl (C=O) groups is 7. The van der Waals surface area contributed by atoms with Crippen LogP contribution < -0.4 is 10.6 Å². The Balaban J connectivity index is 1.50. The molecule has 2 N–H and O–H groups in total. The van der Waals surface area contributed by atoms with Gasteiger partial charge in [-0.1, -0.05) is 67.0 Å². The second kappa shape index (κ2) is 25.4. The molecule has 382 valence electrons. The molecule has 1 saturated heterocycles. The highest BCUT2D eigenvalue weighted by molar-refractivity contribution is 6.20. The molecule has 8 atom stereocenters. The third kappa shape index (κ3) is 14.3. The molecule has 0 bridgehead atoms. The summed E-state index contributed by atoms with van der Waals surface area (Å²) in [7, 11) is 4.72. The van der Waals surface area contributed by atoms with Crippen molar-refractivity contribution in [3.8, 4) is 0 Å². The van der Waals surface area contributed by atoms with Crippen LogP contribution in [0.25, 0.3) is 0 Å². The number of pyridine rings is 1. The average Bonchev–Trinajstić information content (AvgIpc) is 3.88. The average molecular weight is 964 g/mol. The summed E-state index contributed by atoms with van der Waals surface area (Å²) in [5.41, 5.74) is 0.491. The zero-order valence-corrected chi connectivity index (χ0v) is 43.0. The minimum Gasteiger partial charge on any atom is -0.444 e. The van der Waals surface area contributed by atoms with Crippen molar-refractivity contribution in [3.63, 3.8) is 0 Å². The molecular formula is C51H77N7O11. The Bertz CT molecular complexity index is 2040. The van der Waals surface area contributed by atoms with Gasteiger partial charge in [-0.05, 0) is 87.6 Å². The number of hydroxylamine groups is 2. The molecule has 18 nitrogen and oxygen atoms in total. The Morgan fingerprint density at radius 1 is 0.884 bits per heavy atom. The minimum absolute atomic E-state index is 0.0513. The highest BCUT2D eigenvalue weighted by Crippen LogP contribution is 2.30. The molecule has 7 amide bonds. The highest BCUT2D eigenvalue weighted by atomic mass is 16.7. The summed E-state index contributed by atoms with van der Waals surface area (Å²) in [6.07, 6.45) is 3.92. The number of fused-ring (bicyclic) bond motifs is 1. The Morgan fingerprint density at radius 2 is 1.51 bits per heavy atom. The number of rotatable bonds is 24. The maximum absolute atomic E-state index is 14.8. The third-order valence-corrected chi connectivity index (χ3v) is 13.1. The van der Waals surface area contributed by atoms with Gasteiger partial charge in [0, 0.05) is 46.8 Å². The summed E-state index contributed by atoms with van der Waals surface area (Å²) < 4.78 is 17.8. The summed E-state index contributed by atoms with van der Waals surface area (Å²) in [6.45, 7) is 18.3. The Hall–Kier alpha value is -5.46. The van der Waals surface area contributed by atoms with Crippen LogP contribution >= 0.6 is 0 Å². The molecule has 18 heteroatoms. The smallest absolute Gasteiger partial charge is 0.411 e. The predicted molar refractivity (Wildman–Crippen MR) is 258 cm³/mol. The number of carbonyl (C=O) groups excluding carboxylic acids is 7. The number of imide groups is 1. The second-order valence-corrected chi connectivity index (χ2v) is 19.9. The van der Waals surface area contributed by atoms with E-state index >= 15 is 0 Å². The van der Waals surface area contributed by atoms with Crippen LogP contribution in [0.1, 0.15) is 121 Å². The van der Waals surface area contributed by atoms with Gasteiger partial charge in [-0.25, -0.2) is 4.79 Å². The van der Waals surface area contributed by atoms with Crippen molar-refractivity contribution in [1.29, 1.82) is 0 Å². The lowest BCUT2D eigenvalue weighted by molar-refractivity contribution is -0.148.